The fraction of sp³-hybridized carbons (Fsp3) is 0.733. The molecule has 0 aliphatic rings. The average molecular weight is 251 g/mol. The molecule has 0 saturated carbocycles. The Hall–Kier alpha value is -0.800. The summed E-state index contributed by atoms with van der Waals surface area (Å²) in [6.45, 7) is 10.7. The monoisotopic (exact) mass is 251 g/mol. The predicted molar refractivity (Wildman–Crippen MR) is 79.3 cm³/mol. The molecule has 0 amide bonds. The standard InChI is InChI=1S/C15H29N3/c1-11(2)18-12(3)9-15(13(18)4)14(7-8-16)10-17(5)6/h9,11,14H,7-8,10,16H2,1-6H3. The number of hydrogen-bond acceptors (Lipinski definition) is 2. The van der Waals surface area contributed by atoms with Crippen LogP contribution in [0.15, 0.2) is 6.07 Å². The molecule has 1 unspecified atom stereocenters. The van der Waals surface area contributed by atoms with Gasteiger partial charge in [0.15, 0.2) is 0 Å². The summed E-state index contributed by atoms with van der Waals surface area (Å²) >= 11 is 0. The second kappa shape index (κ2) is 6.39. The van der Waals surface area contributed by atoms with E-state index >= 15 is 0 Å². The van der Waals surface area contributed by atoms with Crippen molar-refractivity contribution in [1.82, 2.24) is 9.47 Å². The molecule has 1 heterocycles. The van der Waals surface area contributed by atoms with Gasteiger partial charge in [0.2, 0.25) is 0 Å². The minimum absolute atomic E-state index is 0.525. The first-order valence-electron chi connectivity index (χ1n) is 6.91. The predicted octanol–water partition coefficient (Wildman–Crippen LogP) is 2.68. The van der Waals surface area contributed by atoms with Gasteiger partial charge in [-0.1, -0.05) is 0 Å². The summed E-state index contributed by atoms with van der Waals surface area (Å²) in [5.41, 5.74) is 10.0. The summed E-state index contributed by atoms with van der Waals surface area (Å²) in [5, 5.41) is 0. The van der Waals surface area contributed by atoms with Gasteiger partial charge >= 0.3 is 0 Å². The van der Waals surface area contributed by atoms with Crippen LogP contribution in [0.1, 0.15) is 49.2 Å². The highest BCUT2D eigenvalue weighted by Gasteiger charge is 2.19. The molecule has 0 saturated heterocycles. The summed E-state index contributed by atoms with van der Waals surface area (Å²) < 4.78 is 2.43. The highest BCUT2D eigenvalue weighted by Crippen LogP contribution is 2.28. The van der Waals surface area contributed by atoms with Crippen LogP contribution in [0.4, 0.5) is 0 Å². The number of likely N-dealkylation sites (N-methyl/N-ethyl adjacent to an activating group) is 1. The highest BCUT2D eigenvalue weighted by molar-refractivity contribution is 5.31. The molecule has 1 aromatic rings. The van der Waals surface area contributed by atoms with E-state index in [1.54, 1.807) is 0 Å². The molecule has 18 heavy (non-hydrogen) atoms. The van der Waals surface area contributed by atoms with Crippen molar-refractivity contribution < 1.29 is 0 Å². The molecule has 0 aliphatic carbocycles. The summed E-state index contributed by atoms with van der Waals surface area (Å²) in [6, 6.07) is 2.87. The van der Waals surface area contributed by atoms with E-state index in [-0.39, 0.29) is 0 Å². The molecule has 0 bridgehead atoms. The van der Waals surface area contributed by atoms with Gasteiger partial charge in [-0.3, -0.25) is 0 Å². The third-order valence-electron chi connectivity index (χ3n) is 3.58. The number of aromatic nitrogens is 1. The van der Waals surface area contributed by atoms with Crippen molar-refractivity contribution in [3.05, 3.63) is 23.0 Å². The second-order valence-electron chi connectivity index (χ2n) is 5.83. The van der Waals surface area contributed by atoms with Crippen molar-refractivity contribution in [1.29, 1.82) is 0 Å². The SMILES string of the molecule is Cc1cc(C(CCN)CN(C)C)c(C)n1C(C)C. The lowest BCUT2D eigenvalue weighted by Gasteiger charge is -2.22. The quantitative estimate of drug-likeness (QED) is 0.843. The maximum Gasteiger partial charge on any atom is 0.0279 e. The van der Waals surface area contributed by atoms with E-state index in [1.165, 1.54) is 17.0 Å². The Labute approximate surface area is 112 Å². The minimum atomic E-state index is 0.525. The van der Waals surface area contributed by atoms with Crippen LogP contribution >= 0.6 is 0 Å². The van der Waals surface area contributed by atoms with Crippen molar-refractivity contribution in [2.45, 2.75) is 46.1 Å². The van der Waals surface area contributed by atoms with Crippen LogP contribution in [-0.4, -0.2) is 36.7 Å². The largest absolute Gasteiger partial charge is 0.346 e. The second-order valence-corrected chi connectivity index (χ2v) is 5.83. The van der Waals surface area contributed by atoms with Crippen LogP contribution in [0.3, 0.4) is 0 Å². The van der Waals surface area contributed by atoms with Gasteiger partial charge in [0.1, 0.15) is 0 Å². The molecule has 1 rings (SSSR count). The molecular formula is C15H29N3. The van der Waals surface area contributed by atoms with Gasteiger partial charge in [-0.25, -0.2) is 0 Å². The van der Waals surface area contributed by atoms with Crippen LogP contribution < -0.4 is 5.73 Å². The molecule has 0 aromatic carbocycles. The number of rotatable bonds is 6. The zero-order chi connectivity index (χ0) is 13.9. The number of nitrogens with two attached hydrogens (primary N) is 1. The Balaban J connectivity index is 3.08. The van der Waals surface area contributed by atoms with Crippen molar-refractivity contribution in [2.75, 3.05) is 27.2 Å². The Morgan fingerprint density at radius 1 is 1.28 bits per heavy atom. The number of nitrogens with zero attached hydrogens (tertiary/aromatic N) is 2. The van der Waals surface area contributed by atoms with Crippen LogP contribution in [-0.2, 0) is 0 Å². The molecule has 3 nitrogen and oxygen atoms in total. The van der Waals surface area contributed by atoms with Crippen molar-refractivity contribution in [3.63, 3.8) is 0 Å². The van der Waals surface area contributed by atoms with E-state index in [4.69, 9.17) is 5.73 Å². The number of hydrogen-bond donors (Lipinski definition) is 1. The maximum absolute atomic E-state index is 5.77. The van der Waals surface area contributed by atoms with Crippen LogP contribution in [0, 0.1) is 13.8 Å². The lowest BCUT2D eigenvalue weighted by Crippen LogP contribution is -2.23. The minimum Gasteiger partial charge on any atom is -0.346 e. The van der Waals surface area contributed by atoms with Crippen LogP contribution in [0.25, 0.3) is 0 Å². The summed E-state index contributed by atoms with van der Waals surface area (Å²) in [7, 11) is 4.26. The van der Waals surface area contributed by atoms with E-state index in [1.807, 2.05) is 0 Å². The van der Waals surface area contributed by atoms with Gasteiger partial charge in [-0.05, 0) is 72.3 Å². The Morgan fingerprint density at radius 2 is 1.89 bits per heavy atom. The lowest BCUT2D eigenvalue weighted by molar-refractivity contribution is 0.364. The maximum atomic E-state index is 5.77. The lowest BCUT2D eigenvalue weighted by atomic mass is 9.95. The normalized spacial score (nSPS) is 13.6. The molecule has 1 aromatic heterocycles. The molecule has 104 valence electrons. The fourth-order valence-corrected chi connectivity index (χ4v) is 3.00. The van der Waals surface area contributed by atoms with E-state index in [2.05, 4.69) is 57.3 Å². The molecule has 0 aliphatic heterocycles. The molecule has 0 fully saturated rings. The first-order valence-corrected chi connectivity index (χ1v) is 6.91. The zero-order valence-corrected chi connectivity index (χ0v) is 12.8. The molecular weight excluding hydrogens is 222 g/mol. The first-order chi connectivity index (χ1) is 8.38. The van der Waals surface area contributed by atoms with Crippen LogP contribution in [0.5, 0.6) is 0 Å². The number of aryl methyl sites for hydroxylation is 1. The molecule has 0 radical (unpaired) electrons. The molecule has 3 heteroatoms. The van der Waals surface area contributed by atoms with E-state index in [0.717, 1.165) is 19.5 Å². The summed E-state index contributed by atoms with van der Waals surface area (Å²) in [4.78, 5) is 2.25. The van der Waals surface area contributed by atoms with Crippen molar-refractivity contribution in [3.8, 4) is 0 Å². The van der Waals surface area contributed by atoms with Gasteiger partial charge in [-0.15, -0.1) is 0 Å². The zero-order valence-electron chi connectivity index (χ0n) is 12.8. The van der Waals surface area contributed by atoms with Crippen LogP contribution in [0.2, 0.25) is 0 Å². The van der Waals surface area contributed by atoms with Crippen molar-refractivity contribution in [2.24, 2.45) is 5.73 Å². The third kappa shape index (κ3) is 3.36. The summed E-state index contributed by atoms with van der Waals surface area (Å²) in [5.74, 6) is 0.545. The Bertz CT molecular complexity index is 377. The van der Waals surface area contributed by atoms with Crippen molar-refractivity contribution >= 4 is 0 Å². The third-order valence-corrected chi connectivity index (χ3v) is 3.58. The molecule has 2 N–H and O–H groups in total. The first kappa shape index (κ1) is 15.3. The van der Waals surface area contributed by atoms with E-state index in [0.29, 0.717) is 12.0 Å². The van der Waals surface area contributed by atoms with Gasteiger partial charge in [0, 0.05) is 24.0 Å². The molecule has 1 atom stereocenters. The van der Waals surface area contributed by atoms with E-state index < -0.39 is 0 Å². The van der Waals surface area contributed by atoms with Gasteiger partial charge in [-0.2, -0.15) is 0 Å². The van der Waals surface area contributed by atoms with E-state index in [9.17, 15) is 0 Å². The molecule has 0 spiro atoms. The fourth-order valence-electron chi connectivity index (χ4n) is 3.00. The highest BCUT2D eigenvalue weighted by atomic mass is 15.1. The van der Waals surface area contributed by atoms with Gasteiger partial charge < -0.3 is 15.2 Å². The Kier molecular flexibility index (Phi) is 5.42. The van der Waals surface area contributed by atoms with Gasteiger partial charge in [0.05, 0.1) is 0 Å². The Morgan fingerprint density at radius 3 is 2.28 bits per heavy atom. The topological polar surface area (TPSA) is 34.2 Å². The smallest absolute Gasteiger partial charge is 0.0279 e. The summed E-state index contributed by atoms with van der Waals surface area (Å²) in [6.07, 6.45) is 1.06. The average Bonchev–Trinajstić information content (AvgIpc) is 2.52. The van der Waals surface area contributed by atoms with Gasteiger partial charge in [0.25, 0.3) is 0 Å².